The molecule has 5 saturated heterocycles. The topological polar surface area (TPSA) is 52.6 Å². The smallest absolute Gasteiger partial charge is 0.205 e. The SMILES string of the molecule is C[C@@H]1CCC2[C@@H](C)[C@@H](Oc3ccc(CN4CCN(c5ccc(F)cc5)CC4)cc3)O[C@@H]3O[C@]4(C)CC1[C@@]23OO4. The molecule has 8 heteroatoms. The molecule has 0 radical (unpaired) electrons. The summed E-state index contributed by atoms with van der Waals surface area (Å²) in [4.78, 5) is 16.7. The van der Waals surface area contributed by atoms with E-state index >= 15 is 0 Å². The van der Waals surface area contributed by atoms with Crippen molar-refractivity contribution in [3.8, 4) is 5.75 Å². The molecule has 8 rings (SSSR count). The van der Waals surface area contributed by atoms with Crippen LogP contribution in [0.25, 0.3) is 0 Å². The first kappa shape index (κ1) is 25.7. The number of halogens is 1. The number of nitrogens with zero attached hydrogens (tertiary/aromatic N) is 2. The summed E-state index contributed by atoms with van der Waals surface area (Å²) in [5.41, 5.74) is 1.78. The van der Waals surface area contributed by atoms with Crippen molar-refractivity contribution in [2.75, 3.05) is 31.1 Å². The molecule has 5 heterocycles. The summed E-state index contributed by atoms with van der Waals surface area (Å²) in [6.45, 7) is 11.2. The second-order valence-corrected chi connectivity index (χ2v) is 12.4. The largest absolute Gasteiger partial charge is 0.465 e. The molecule has 7 nitrogen and oxygen atoms in total. The van der Waals surface area contributed by atoms with Crippen molar-refractivity contribution in [2.45, 2.75) is 70.5 Å². The molecule has 1 spiro atoms. The minimum Gasteiger partial charge on any atom is -0.465 e. The highest BCUT2D eigenvalue weighted by Gasteiger charge is 2.72. The Bertz CT molecular complexity index is 1170. The van der Waals surface area contributed by atoms with E-state index in [1.165, 1.54) is 24.1 Å². The van der Waals surface area contributed by atoms with Crippen LogP contribution in [-0.4, -0.2) is 55.0 Å². The van der Waals surface area contributed by atoms with Gasteiger partial charge in [-0.25, -0.2) is 14.2 Å². The van der Waals surface area contributed by atoms with Gasteiger partial charge >= 0.3 is 0 Å². The third kappa shape index (κ3) is 4.45. The Hall–Kier alpha value is -2.23. The minimum atomic E-state index is -0.773. The molecule has 8 atom stereocenters. The highest BCUT2D eigenvalue weighted by atomic mass is 19.1. The van der Waals surface area contributed by atoms with Crippen LogP contribution in [0.5, 0.6) is 5.75 Å². The van der Waals surface area contributed by atoms with Crippen molar-refractivity contribution < 1.29 is 28.4 Å². The van der Waals surface area contributed by atoms with Gasteiger partial charge in [-0.2, -0.15) is 0 Å². The number of anilines is 1. The quantitative estimate of drug-likeness (QED) is 0.476. The van der Waals surface area contributed by atoms with Crippen molar-refractivity contribution in [3.63, 3.8) is 0 Å². The average molecular weight is 539 g/mol. The lowest BCUT2D eigenvalue weighted by molar-refractivity contribution is -0.614. The maximum Gasteiger partial charge on any atom is 0.205 e. The first-order chi connectivity index (χ1) is 18.8. The molecule has 6 fully saturated rings. The van der Waals surface area contributed by atoms with Gasteiger partial charge in [0.2, 0.25) is 12.1 Å². The van der Waals surface area contributed by atoms with Gasteiger partial charge in [0.25, 0.3) is 0 Å². The van der Waals surface area contributed by atoms with Crippen LogP contribution in [-0.2, 0) is 25.8 Å². The Balaban J connectivity index is 0.978. The lowest BCUT2D eigenvalue weighted by atomic mass is 9.56. The van der Waals surface area contributed by atoms with Crippen molar-refractivity contribution in [3.05, 3.63) is 59.9 Å². The summed E-state index contributed by atoms with van der Waals surface area (Å²) >= 11 is 0. The zero-order chi connectivity index (χ0) is 26.8. The summed E-state index contributed by atoms with van der Waals surface area (Å²) in [6.07, 6.45) is 2.17. The molecule has 5 aliphatic heterocycles. The van der Waals surface area contributed by atoms with Crippen molar-refractivity contribution in [1.82, 2.24) is 4.90 Å². The van der Waals surface area contributed by atoms with E-state index in [4.69, 9.17) is 24.0 Å². The number of benzene rings is 2. The van der Waals surface area contributed by atoms with Gasteiger partial charge in [-0.1, -0.05) is 26.0 Å². The molecule has 6 aliphatic rings. The van der Waals surface area contributed by atoms with E-state index in [2.05, 4.69) is 35.8 Å². The van der Waals surface area contributed by atoms with Crippen LogP contribution in [0.1, 0.15) is 45.6 Å². The molecule has 0 N–H and O–H groups in total. The summed E-state index contributed by atoms with van der Waals surface area (Å²) in [6, 6.07) is 15.2. The number of hydrogen-bond acceptors (Lipinski definition) is 7. The third-order valence-corrected chi connectivity index (χ3v) is 9.92. The number of fused-ring (bicyclic) bond motifs is 1. The van der Waals surface area contributed by atoms with Gasteiger partial charge in [0.1, 0.15) is 11.6 Å². The second-order valence-electron chi connectivity index (χ2n) is 12.4. The van der Waals surface area contributed by atoms with Crippen molar-refractivity contribution >= 4 is 5.69 Å². The monoisotopic (exact) mass is 538 g/mol. The maximum absolute atomic E-state index is 13.3. The zero-order valence-corrected chi connectivity index (χ0v) is 23.1. The zero-order valence-electron chi connectivity index (χ0n) is 23.1. The molecule has 1 aliphatic carbocycles. The molecule has 2 bridgehead atoms. The molecule has 0 aromatic heterocycles. The molecule has 1 saturated carbocycles. The number of piperazine rings is 1. The normalized spacial score (nSPS) is 39.8. The maximum atomic E-state index is 13.3. The van der Waals surface area contributed by atoms with Crippen molar-refractivity contribution in [2.24, 2.45) is 23.7 Å². The van der Waals surface area contributed by atoms with E-state index in [0.29, 0.717) is 11.8 Å². The Morgan fingerprint density at radius 3 is 2.41 bits per heavy atom. The fourth-order valence-electron chi connectivity index (χ4n) is 7.70. The predicted molar refractivity (Wildman–Crippen MR) is 143 cm³/mol. The molecular formula is C31H39FN2O5. The number of ether oxygens (including phenoxy) is 3. The molecule has 0 amide bonds. The van der Waals surface area contributed by atoms with Gasteiger partial charge in [-0.3, -0.25) is 4.90 Å². The van der Waals surface area contributed by atoms with Crippen molar-refractivity contribution in [1.29, 1.82) is 0 Å². The number of hydrogen-bond donors (Lipinski definition) is 0. The third-order valence-electron chi connectivity index (χ3n) is 9.92. The van der Waals surface area contributed by atoms with E-state index in [-0.39, 0.29) is 17.7 Å². The fourth-order valence-corrected chi connectivity index (χ4v) is 7.70. The average Bonchev–Trinajstić information content (AvgIpc) is 2.94. The van der Waals surface area contributed by atoms with E-state index in [9.17, 15) is 4.39 Å². The highest BCUT2D eigenvalue weighted by Crippen LogP contribution is 2.62. The summed E-state index contributed by atoms with van der Waals surface area (Å²) < 4.78 is 32.5. The Morgan fingerprint density at radius 1 is 0.923 bits per heavy atom. The first-order valence-corrected chi connectivity index (χ1v) is 14.5. The van der Waals surface area contributed by atoms with Gasteiger partial charge in [-0.05, 0) is 67.6 Å². The van der Waals surface area contributed by atoms with Gasteiger partial charge < -0.3 is 19.1 Å². The van der Waals surface area contributed by atoms with Crippen LogP contribution in [0, 0.1) is 29.5 Å². The first-order valence-electron chi connectivity index (χ1n) is 14.5. The molecule has 2 aromatic rings. The van der Waals surface area contributed by atoms with E-state index in [1.807, 2.05) is 31.2 Å². The van der Waals surface area contributed by atoms with Crippen LogP contribution in [0.2, 0.25) is 0 Å². The fraction of sp³-hybridized carbons (Fsp3) is 0.613. The Labute approximate surface area is 230 Å². The van der Waals surface area contributed by atoms with Crippen LogP contribution < -0.4 is 9.64 Å². The predicted octanol–water partition coefficient (Wildman–Crippen LogP) is 5.34. The standard InChI is InChI=1S/C31H39FN2O5/c1-20-4-13-26-21(2)28(36-29-31(26)27(20)18-30(3,37-29)38-39-31)35-25-11-5-22(6-12-25)19-33-14-16-34(17-15-33)24-9-7-23(32)8-10-24/h5-12,20-21,26-29H,4,13-19H2,1-3H3/t20-,21-,26?,27?,28+,29-,30+,31+/m1/s1. The molecular weight excluding hydrogens is 499 g/mol. The summed E-state index contributed by atoms with van der Waals surface area (Å²) in [5, 5.41) is 0. The lowest BCUT2D eigenvalue weighted by Crippen LogP contribution is -2.76. The summed E-state index contributed by atoms with van der Waals surface area (Å²) in [5.74, 6) is 1.13. The summed E-state index contributed by atoms with van der Waals surface area (Å²) in [7, 11) is 0. The van der Waals surface area contributed by atoms with Crippen LogP contribution in [0.3, 0.4) is 0 Å². The van der Waals surface area contributed by atoms with E-state index in [0.717, 1.165) is 57.0 Å². The molecule has 2 aromatic carbocycles. The molecule has 210 valence electrons. The Morgan fingerprint density at radius 2 is 1.67 bits per heavy atom. The minimum absolute atomic E-state index is 0.142. The van der Waals surface area contributed by atoms with Crippen LogP contribution >= 0.6 is 0 Å². The molecule has 39 heavy (non-hydrogen) atoms. The second kappa shape index (κ2) is 9.70. The lowest BCUT2D eigenvalue weighted by Gasteiger charge is -2.66. The highest BCUT2D eigenvalue weighted by molar-refractivity contribution is 5.46. The number of rotatable bonds is 5. The Kier molecular flexibility index (Phi) is 6.40. The van der Waals surface area contributed by atoms with E-state index in [1.54, 1.807) is 0 Å². The molecule has 2 unspecified atom stereocenters. The van der Waals surface area contributed by atoms with Gasteiger partial charge in [0.15, 0.2) is 11.9 Å². The van der Waals surface area contributed by atoms with Gasteiger partial charge in [0.05, 0.1) is 0 Å². The van der Waals surface area contributed by atoms with Gasteiger partial charge in [0, 0.05) is 62.6 Å². The van der Waals surface area contributed by atoms with Crippen LogP contribution in [0.4, 0.5) is 10.1 Å². The van der Waals surface area contributed by atoms with Crippen LogP contribution in [0.15, 0.2) is 48.5 Å². The van der Waals surface area contributed by atoms with Gasteiger partial charge in [-0.15, -0.1) is 0 Å². The van der Waals surface area contributed by atoms with E-state index < -0.39 is 24.0 Å².